The molecule has 0 spiro atoms. The molecule has 2 fully saturated rings. The normalized spacial score (nSPS) is 21.8. The lowest BCUT2D eigenvalue weighted by molar-refractivity contribution is -0.147. The average Bonchev–Trinajstić information content (AvgIpc) is 2.47. The van der Waals surface area contributed by atoms with Gasteiger partial charge in [-0.1, -0.05) is 12.8 Å². The predicted molar refractivity (Wildman–Crippen MR) is 75.1 cm³/mol. The third-order valence-corrected chi connectivity index (χ3v) is 4.03. The van der Waals surface area contributed by atoms with E-state index in [0.717, 1.165) is 51.4 Å². The molecule has 112 valence electrons. The van der Waals surface area contributed by atoms with Crippen LogP contribution in [0, 0.1) is 0 Å². The number of hydrogen-bond donors (Lipinski definition) is 0. The molecule has 0 aromatic heterocycles. The summed E-state index contributed by atoms with van der Waals surface area (Å²) in [7, 11) is 0. The Bertz CT molecular complexity index is 315. The van der Waals surface area contributed by atoms with Crippen molar-refractivity contribution in [2.24, 2.45) is 0 Å². The van der Waals surface area contributed by atoms with E-state index in [2.05, 4.69) is 0 Å². The first kappa shape index (κ1) is 15.1. The fourth-order valence-electron chi connectivity index (χ4n) is 2.91. The molecule has 0 N–H and O–H groups in total. The summed E-state index contributed by atoms with van der Waals surface area (Å²) in [5.74, 6) is -0.866. The third-order valence-electron chi connectivity index (χ3n) is 4.03. The van der Waals surface area contributed by atoms with E-state index >= 15 is 0 Å². The van der Waals surface area contributed by atoms with E-state index in [4.69, 9.17) is 9.47 Å². The largest absolute Gasteiger partial charge is 0.459 e. The summed E-state index contributed by atoms with van der Waals surface area (Å²) >= 11 is 0. The molecule has 4 nitrogen and oxygen atoms in total. The van der Waals surface area contributed by atoms with Gasteiger partial charge in [-0.15, -0.1) is 0 Å². The third kappa shape index (κ3) is 5.35. The van der Waals surface area contributed by atoms with E-state index in [1.807, 2.05) is 0 Å². The minimum absolute atomic E-state index is 0.0234. The second-order valence-corrected chi connectivity index (χ2v) is 5.73. The molecular weight excluding hydrogens is 256 g/mol. The minimum Gasteiger partial charge on any atom is -0.459 e. The van der Waals surface area contributed by atoms with Crippen molar-refractivity contribution < 1.29 is 19.1 Å². The first-order chi connectivity index (χ1) is 9.74. The molecule has 0 amide bonds. The van der Waals surface area contributed by atoms with Crippen molar-refractivity contribution in [1.29, 1.82) is 0 Å². The van der Waals surface area contributed by atoms with Crippen LogP contribution in [0.15, 0.2) is 12.2 Å². The summed E-state index contributed by atoms with van der Waals surface area (Å²) < 4.78 is 10.6. The van der Waals surface area contributed by atoms with Gasteiger partial charge in [0.05, 0.1) is 0 Å². The highest BCUT2D eigenvalue weighted by molar-refractivity contribution is 5.91. The van der Waals surface area contributed by atoms with Crippen LogP contribution >= 0.6 is 0 Å². The van der Waals surface area contributed by atoms with Crippen molar-refractivity contribution in [2.75, 3.05) is 0 Å². The highest BCUT2D eigenvalue weighted by atomic mass is 16.5. The molecule has 0 heterocycles. The minimum atomic E-state index is -0.433. The maximum absolute atomic E-state index is 11.6. The fraction of sp³-hybridized carbons (Fsp3) is 0.750. The lowest BCUT2D eigenvalue weighted by atomic mass is 9.98. The fourth-order valence-corrected chi connectivity index (χ4v) is 2.91. The van der Waals surface area contributed by atoms with Crippen molar-refractivity contribution in [3.63, 3.8) is 0 Å². The van der Waals surface area contributed by atoms with Crippen LogP contribution in [0.1, 0.15) is 64.2 Å². The Labute approximate surface area is 120 Å². The Balaban J connectivity index is 1.67. The molecule has 0 aliphatic heterocycles. The van der Waals surface area contributed by atoms with E-state index in [9.17, 15) is 9.59 Å². The molecule has 0 atom stereocenters. The van der Waals surface area contributed by atoms with Crippen molar-refractivity contribution in [2.45, 2.75) is 76.4 Å². The Kier molecular flexibility index (Phi) is 6.09. The molecule has 4 heteroatoms. The predicted octanol–water partition coefficient (Wildman–Crippen LogP) is 3.29. The molecule has 0 aromatic rings. The number of carbonyl (C=O) groups excluding carboxylic acids is 2. The standard InChI is InChI=1S/C16H24O4/c17-15(19-13-7-3-1-4-8-13)11-12-16(18)20-14-9-5-2-6-10-14/h11-14H,1-10H2. The van der Waals surface area contributed by atoms with Gasteiger partial charge in [-0.25, -0.2) is 9.59 Å². The highest BCUT2D eigenvalue weighted by Crippen LogP contribution is 2.21. The number of hydrogen-bond acceptors (Lipinski definition) is 4. The van der Waals surface area contributed by atoms with Gasteiger partial charge in [0.1, 0.15) is 12.2 Å². The van der Waals surface area contributed by atoms with Crippen LogP contribution in [-0.4, -0.2) is 24.1 Å². The van der Waals surface area contributed by atoms with Crippen molar-refractivity contribution in [3.8, 4) is 0 Å². The number of esters is 2. The van der Waals surface area contributed by atoms with E-state index < -0.39 is 11.9 Å². The summed E-state index contributed by atoms with van der Waals surface area (Å²) in [4.78, 5) is 23.2. The quantitative estimate of drug-likeness (QED) is 0.585. The summed E-state index contributed by atoms with van der Waals surface area (Å²) in [6.45, 7) is 0. The molecule has 0 unspecified atom stereocenters. The Hall–Kier alpha value is -1.32. The van der Waals surface area contributed by atoms with Crippen LogP contribution in [0.25, 0.3) is 0 Å². The molecule has 0 saturated heterocycles. The number of carbonyl (C=O) groups is 2. The first-order valence-corrected chi connectivity index (χ1v) is 7.83. The van der Waals surface area contributed by atoms with Crippen LogP contribution in [-0.2, 0) is 19.1 Å². The van der Waals surface area contributed by atoms with Gasteiger partial charge in [0.15, 0.2) is 0 Å². The monoisotopic (exact) mass is 280 g/mol. The van der Waals surface area contributed by atoms with Crippen LogP contribution in [0.4, 0.5) is 0 Å². The van der Waals surface area contributed by atoms with Gasteiger partial charge in [0.25, 0.3) is 0 Å². The molecule has 2 rings (SSSR count). The van der Waals surface area contributed by atoms with Crippen molar-refractivity contribution >= 4 is 11.9 Å². The molecule has 0 aromatic carbocycles. The summed E-state index contributed by atoms with van der Waals surface area (Å²) in [5, 5.41) is 0. The Morgan fingerprint density at radius 2 is 1.00 bits per heavy atom. The molecule has 20 heavy (non-hydrogen) atoms. The van der Waals surface area contributed by atoms with E-state index in [1.54, 1.807) is 0 Å². The zero-order valence-electron chi connectivity index (χ0n) is 12.0. The first-order valence-electron chi connectivity index (χ1n) is 7.83. The van der Waals surface area contributed by atoms with Crippen LogP contribution in [0.2, 0.25) is 0 Å². The van der Waals surface area contributed by atoms with Gasteiger partial charge < -0.3 is 9.47 Å². The maximum atomic E-state index is 11.6. The molecule has 2 saturated carbocycles. The lowest BCUT2D eigenvalue weighted by Gasteiger charge is -2.21. The van der Waals surface area contributed by atoms with E-state index in [-0.39, 0.29) is 12.2 Å². The zero-order chi connectivity index (χ0) is 14.2. The van der Waals surface area contributed by atoms with Crippen LogP contribution < -0.4 is 0 Å². The lowest BCUT2D eigenvalue weighted by Crippen LogP contribution is -2.21. The summed E-state index contributed by atoms with van der Waals surface area (Å²) in [6, 6.07) is 0. The molecule has 2 aliphatic carbocycles. The van der Waals surface area contributed by atoms with Gasteiger partial charge >= 0.3 is 11.9 Å². The molecule has 2 aliphatic rings. The number of rotatable bonds is 4. The Morgan fingerprint density at radius 1 is 0.650 bits per heavy atom. The summed E-state index contributed by atoms with van der Waals surface area (Å²) in [6.07, 6.45) is 13.1. The second-order valence-electron chi connectivity index (χ2n) is 5.73. The Morgan fingerprint density at radius 3 is 1.35 bits per heavy atom. The zero-order valence-corrected chi connectivity index (χ0v) is 12.0. The van der Waals surface area contributed by atoms with Gasteiger partial charge in [-0.05, 0) is 51.4 Å². The second kappa shape index (κ2) is 8.08. The van der Waals surface area contributed by atoms with Crippen molar-refractivity contribution in [1.82, 2.24) is 0 Å². The van der Waals surface area contributed by atoms with Crippen LogP contribution in [0.3, 0.4) is 0 Å². The topological polar surface area (TPSA) is 52.6 Å². The van der Waals surface area contributed by atoms with E-state index in [1.165, 1.54) is 25.0 Å². The van der Waals surface area contributed by atoms with Crippen LogP contribution in [0.5, 0.6) is 0 Å². The van der Waals surface area contributed by atoms with Gasteiger partial charge in [0, 0.05) is 12.2 Å². The van der Waals surface area contributed by atoms with Gasteiger partial charge in [0.2, 0.25) is 0 Å². The van der Waals surface area contributed by atoms with Crippen molar-refractivity contribution in [3.05, 3.63) is 12.2 Å². The maximum Gasteiger partial charge on any atom is 0.331 e. The number of ether oxygens (including phenoxy) is 2. The van der Waals surface area contributed by atoms with Gasteiger partial charge in [-0.3, -0.25) is 0 Å². The van der Waals surface area contributed by atoms with Gasteiger partial charge in [-0.2, -0.15) is 0 Å². The average molecular weight is 280 g/mol. The molecule has 0 radical (unpaired) electrons. The summed E-state index contributed by atoms with van der Waals surface area (Å²) in [5.41, 5.74) is 0. The SMILES string of the molecule is O=C(C=CC(=O)OC1CCCCC1)OC1CCCCC1. The highest BCUT2D eigenvalue weighted by Gasteiger charge is 2.18. The van der Waals surface area contributed by atoms with E-state index in [0.29, 0.717) is 0 Å². The smallest absolute Gasteiger partial charge is 0.331 e. The molecular formula is C16H24O4. The molecule has 0 bridgehead atoms.